The summed E-state index contributed by atoms with van der Waals surface area (Å²) in [6.07, 6.45) is 0. The molecule has 2 rings (SSSR count). The smallest absolute Gasteiger partial charge is 0.294 e. The van der Waals surface area contributed by atoms with Gasteiger partial charge in [-0.1, -0.05) is 23.4 Å². The van der Waals surface area contributed by atoms with E-state index >= 15 is 0 Å². The Hall–Kier alpha value is -2.00. The van der Waals surface area contributed by atoms with Crippen molar-refractivity contribution < 1.29 is 17.7 Å². The fourth-order valence-corrected chi connectivity index (χ4v) is 2.10. The van der Waals surface area contributed by atoms with E-state index in [1.165, 1.54) is 24.3 Å². The van der Waals surface area contributed by atoms with Gasteiger partial charge in [0.25, 0.3) is 10.1 Å². The molecule has 2 aromatic rings. The monoisotopic (exact) mass is 322 g/mol. The van der Waals surface area contributed by atoms with Crippen LogP contribution >= 0.6 is 11.6 Å². The lowest BCUT2D eigenvalue weighted by Gasteiger charge is -2.02. The highest BCUT2D eigenvalue weighted by Crippen LogP contribution is 2.15. The van der Waals surface area contributed by atoms with Crippen molar-refractivity contribution in [2.45, 2.75) is 4.90 Å². The van der Waals surface area contributed by atoms with Gasteiger partial charge in [-0.05, 0) is 48.5 Å². The van der Waals surface area contributed by atoms with Gasteiger partial charge < -0.3 is 4.74 Å². The van der Waals surface area contributed by atoms with Crippen LogP contribution in [0.15, 0.2) is 53.4 Å². The van der Waals surface area contributed by atoms with Crippen molar-refractivity contribution >= 4 is 21.7 Å². The zero-order valence-corrected chi connectivity index (χ0v) is 12.4. The van der Waals surface area contributed by atoms with Crippen LogP contribution in [0.3, 0.4) is 0 Å². The molecule has 0 aliphatic carbocycles. The Morgan fingerprint density at radius 3 is 2.24 bits per heavy atom. The summed E-state index contributed by atoms with van der Waals surface area (Å²) in [6.45, 7) is 0.161. The summed E-state index contributed by atoms with van der Waals surface area (Å²) in [5, 5.41) is 0.649. The first-order valence-electron chi connectivity index (χ1n) is 5.90. The van der Waals surface area contributed by atoms with Crippen LogP contribution in [0.1, 0.15) is 5.56 Å². The number of benzene rings is 2. The van der Waals surface area contributed by atoms with Gasteiger partial charge in [0.2, 0.25) is 0 Å². The van der Waals surface area contributed by atoms with E-state index < -0.39 is 10.1 Å². The second-order valence-electron chi connectivity index (χ2n) is 4.04. The van der Waals surface area contributed by atoms with Crippen molar-refractivity contribution in [1.82, 2.24) is 0 Å². The van der Waals surface area contributed by atoms with E-state index in [0.717, 1.165) is 5.56 Å². The molecular weight excluding hydrogens is 312 g/mol. The lowest BCUT2D eigenvalue weighted by atomic mass is 10.2. The van der Waals surface area contributed by atoms with Gasteiger partial charge >= 0.3 is 0 Å². The van der Waals surface area contributed by atoms with Gasteiger partial charge in [-0.15, -0.1) is 0 Å². The van der Waals surface area contributed by atoms with E-state index in [-0.39, 0.29) is 11.5 Å². The molecule has 0 saturated carbocycles. The molecule has 0 aliphatic rings. The van der Waals surface area contributed by atoms with Crippen molar-refractivity contribution in [3.8, 4) is 17.6 Å². The minimum absolute atomic E-state index is 0.161. The standard InChI is InChI=1S/C15H11ClO4S/c16-13-5-3-12(4-6-13)2-1-11-20-14-7-9-15(10-8-14)21(17,18)19/h3-10H,11H2,(H,17,18,19). The molecule has 0 atom stereocenters. The summed E-state index contributed by atoms with van der Waals surface area (Å²) in [4.78, 5) is -0.179. The maximum Gasteiger partial charge on any atom is 0.294 e. The summed E-state index contributed by atoms with van der Waals surface area (Å²) >= 11 is 5.76. The van der Waals surface area contributed by atoms with E-state index in [1.807, 2.05) is 0 Å². The topological polar surface area (TPSA) is 63.6 Å². The number of rotatable bonds is 3. The molecule has 4 nitrogen and oxygen atoms in total. The van der Waals surface area contributed by atoms with E-state index in [9.17, 15) is 8.42 Å². The summed E-state index contributed by atoms with van der Waals surface area (Å²) in [7, 11) is -4.18. The van der Waals surface area contributed by atoms with Crippen molar-refractivity contribution in [2.24, 2.45) is 0 Å². The normalized spacial score (nSPS) is 10.6. The van der Waals surface area contributed by atoms with Crippen LogP contribution in [0.4, 0.5) is 0 Å². The van der Waals surface area contributed by atoms with Gasteiger partial charge in [0.15, 0.2) is 0 Å². The highest BCUT2D eigenvalue weighted by molar-refractivity contribution is 7.85. The second-order valence-corrected chi connectivity index (χ2v) is 5.90. The zero-order valence-electron chi connectivity index (χ0n) is 10.8. The van der Waals surface area contributed by atoms with Gasteiger partial charge in [0.05, 0.1) is 4.90 Å². The molecule has 0 saturated heterocycles. The quantitative estimate of drug-likeness (QED) is 0.697. The van der Waals surface area contributed by atoms with Crippen LogP contribution in [-0.2, 0) is 10.1 Å². The van der Waals surface area contributed by atoms with Crippen molar-refractivity contribution in [1.29, 1.82) is 0 Å². The molecule has 0 heterocycles. The molecule has 0 aromatic heterocycles. The van der Waals surface area contributed by atoms with Gasteiger partial charge in [0, 0.05) is 10.6 Å². The highest BCUT2D eigenvalue weighted by Gasteiger charge is 2.08. The van der Waals surface area contributed by atoms with Crippen LogP contribution in [0.2, 0.25) is 5.02 Å². The minimum atomic E-state index is -4.18. The fourth-order valence-electron chi connectivity index (χ4n) is 1.50. The largest absolute Gasteiger partial charge is 0.481 e. The SMILES string of the molecule is O=S(=O)(O)c1ccc(OCC#Cc2ccc(Cl)cc2)cc1. The molecule has 0 bridgehead atoms. The van der Waals surface area contributed by atoms with Crippen molar-refractivity contribution in [3.05, 3.63) is 59.1 Å². The Morgan fingerprint density at radius 2 is 1.67 bits per heavy atom. The van der Waals surface area contributed by atoms with Crippen LogP contribution < -0.4 is 4.74 Å². The second kappa shape index (κ2) is 6.64. The van der Waals surface area contributed by atoms with Crippen LogP contribution in [0, 0.1) is 11.8 Å². The van der Waals surface area contributed by atoms with E-state index in [4.69, 9.17) is 20.9 Å². The summed E-state index contributed by atoms with van der Waals surface area (Å²) < 4.78 is 35.9. The maximum absolute atomic E-state index is 10.9. The third-order valence-electron chi connectivity index (χ3n) is 2.51. The van der Waals surface area contributed by atoms with Crippen LogP contribution in [-0.4, -0.2) is 19.6 Å². The summed E-state index contributed by atoms with van der Waals surface area (Å²) in [6, 6.07) is 12.5. The number of ether oxygens (including phenoxy) is 1. The van der Waals surface area contributed by atoms with E-state index in [0.29, 0.717) is 10.8 Å². The van der Waals surface area contributed by atoms with Crippen molar-refractivity contribution in [3.63, 3.8) is 0 Å². The number of halogens is 1. The van der Waals surface area contributed by atoms with Gasteiger partial charge in [-0.3, -0.25) is 4.55 Å². The van der Waals surface area contributed by atoms with Crippen LogP contribution in [0.25, 0.3) is 0 Å². The van der Waals surface area contributed by atoms with Gasteiger partial charge in [0.1, 0.15) is 12.4 Å². The molecular formula is C15H11ClO4S. The highest BCUT2D eigenvalue weighted by atomic mass is 35.5. The Bertz CT molecular complexity index is 769. The Labute approximate surface area is 128 Å². The molecule has 0 spiro atoms. The van der Waals surface area contributed by atoms with Crippen LogP contribution in [0.5, 0.6) is 5.75 Å². The molecule has 0 fully saturated rings. The third-order valence-corrected chi connectivity index (χ3v) is 3.63. The third kappa shape index (κ3) is 4.80. The zero-order chi connectivity index (χ0) is 15.3. The molecule has 0 unspecified atom stereocenters. The first-order chi connectivity index (χ1) is 9.95. The molecule has 0 aliphatic heterocycles. The van der Waals surface area contributed by atoms with Gasteiger partial charge in [-0.25, -0.2) is 0 Å². The molecule has 2 aromatic carbocycles. The minimum Gasteiger partial charge on any atom is -0.481 e. The molecule has 1 N–H and O–H groups in total. The lowest BCUT2D eigenvalue weighted by Crippen LogP contribution is -1.98. The average Bonchev–Trinajstić information content (AvgIpc) is 2.45. The first kappa shape index (κ1) is 15.4. The predicted molar refractivity (Wildman–Crippen MR) is 80.1 cm³/mol. The fraction of sp³-hybridized carbons (Fsp3) is 0.0667. The number of hydrogen-bond acceptors (Lipinski definition) is 3. The van der Waals surface area contributed by atoms with Crippen molar-refractivity contribution in [2.75, 3.05) is 6.61 Å². The Kier molecular flexibility index (Phi) is 4.86. The number of hydrogen-bond donors (Lipinski definition) is 1. The molecule has 21 heavy (non-hydrogen) atoms. The Balaban J connectivity index is 1.94. The summed E-state index contributed by atoms with van der Waals surface area (Å²) in [5.74, 6) is 6.21. The lowest BCUT2D eigenvalue weighted by molar-refractivity contribution is 0.370. The maximum atomic E-state index is 10.9. The molecule has 0 radical (unpaired) electrons. The first-order valence-corrected chi connectivity index (χ1v) is 7.72. The predicted octanol–water partition coefficient (Wildman–Crippen LogP) is 3.02. The molecule has 0 amide bonds. The molecule has 6 heteroatoms. The van der Waals surface area contributed by atoms with E-state index in [2.05, 4.69) is 11.8 Å². The average molecular weight is 323 g/mol. The Morgan fingerprint density at radius 1 is 1.05 bits per heavy atom. The van der Waals surface area contributed by atoms with Gasteiger partial charge in [-0.2, -0.15) is 8.42 Å². The molecule has 108 valence electrons. The van der Waals surface area contributed by atoms with E-state index in [1.54, 1.807) is 24.3 Å². The summed E-state index contributed by atoms with van der Waals surface area (Å²) in [5.41, 5.74) is 0.824.